The molecule has 2 aromatic heterocycles. The van der Waals surface area contributed by atoms with Crippen LogP contribution in [0, 0.1) is 0 Å². The van der Waals surface area contributed by atoms with Gasteiger partial charge in [0.25, 0.3) is 0 Å². The SMILES string of the molecule is CCNC(=NCCc1csc(CC)n1)N1CCC(c2cnn(C)c2)C1. The van der Waals surface area contributed by atoms with Crippen molar-refractivity contribution in [2.75, 3.05) is 26.2 Å². The van der Waals surface area contributed by atoms with Crippen LogP contribution in [0.2, 0.25) is 0 Å². The molecule has 6 nitrogen and oxygen atoms in total. The normalized spacial score (nSPS) is 18.1. The predicted molar refractivity (Wildman–Crippen MR) is 103 cm³/mol. The van der Waals surface area contributed by atoms with Crippen LogP contribution in [0.4, 0.5) is 0 Å². The van der Waals surface area contributed by atoms with Gasteiger partial charge in [0, 0.05) is 57.1 Å². The van der Waals surface area contributed by atoms with Gasteiger partial charge in [-0.1, -0.05) is 6.92 Å². The first kappa shape index (κ1) is 17.9. The number of nitrogens with zero attached hydrogens (tertiary/aromatic N) is 5. The maximum atomic E-state index is 4.83. The number of guanidine groups is 1. The van der Waals surface area contributed by atoms with E-state index in [2.05, 4.69) is 45.7 Å². The van der Waals surface area contributed by atoms with E-state index in [1.807, 2.05) is 17.9 Å². The van der Waals surface area contributed by atoms with E-state index in [-0.39, 0.29) is 0 Å². The predicted octanol–water partition coefficient (Wildman–Crippen LogP) is 2.44. The summed E-state index contributed by atoms with van der Waals surface area (Å²) >= 11 is 1.75. The molecule has 0 amide bonds. The van der Waals surface area contributed by atoms with Crippen LogP contribution in [-0.4, -0.2) is 51.8 Å². The largest absolute Gasteiger partial charge is 0.357 e. The third kappa shape index (κ3) is 4.60. The Morgan fingerprint density at radius 2 is 2.32 bits per heavy atom. The van der Waals surface area contributed by atoms with Gasteiger partial charge in [-0.2, -0.15) is 5.10 Å². The lowest BCUT2D eigenvalue weighted by Gasteiger charge is -2.21. The number of hydrogen-bond donors (Lipinski definition) is 1. The topological polar surface area (TPSA) is 58.3 Å². The lowest BCUT2D eigenvalue weighted by molar-refractivity contribution is 0.486. The van der Waals surface area contributed by atoms with Crippen LogP contribution in [-0.2, 0) is 19.9 Å². The zero-order chi connectivity index (χ0) is 17.6. The molecule has 7 heteroatoms. The summed E-state index contributed by atoms with van der Waals surface area (Å²) in [7, 11) is 1.98. The van der Waals surface area contributed by atoms with Crippen molar-refractivity contribution in [2.45, 2.75) is 39.0 Å². The second-order valence-corrected chi connectivity index (χ2v) is 7.39. The van der Waals surface area contributed by atoms with E-state index in [4.69, 9.17) is 4.99 Å². The molecule has 0 saturated carbocycles. The standard InChI is InChI=1S/C18H28N6S/c1-4-17-22-16(13-25-17)6-8-20-18(19-5-2)24-9-7-14(12-24)15-10-21-23(3)11-15/h10-11,13-14H,4-9,12H2,1-3H3,(H,19,20). The average molecular weight is 361 g/mol. The summed E-state index contributed by atoms with van der Waals surface area (Å²) in [5.74, 6) is 1.57. The summed E-state index contributed by atoms with van der Waals surface area (Å²) in [5, 5.41) is 11.1. The van der Waals surface area contributed by atoms with Crippen LogP contribution in [0.5, 0.6) is 0 Å². The first-order chi connectivity index (χ1) is 12.2. The van der Waals surface area contributed by atoms with Crippen LogP contribution in [0.1, 0.15) is 42.5 Å². The fourth-order valence-corrected chi connectivity index (χ4v) is 3.98. The van der Waals surface area contributed by atoms with E-state index >= 15 is 0 Å². The molecule has 25 heavy (non-hydrogen) atoms. The molecule has 1 unspecified atom stereocenters. The number of aryl methyl sites for hydroxylation is 2. The van der Waals surface area contributed by atoms with Crippen molar-refractivity contribution in [3.05, 3.63) is 34.0 Å². The van der Waals surface area contributed by atoms with Crippen molar-refractivity contribution < 1.29 is 0 Å². The fourth-order valence-electron chi connectivity index (χ4n) is 3.20. The van der Waals surface area contributed by atoms with Gasteiger partial charge in [0.05, 0.1) is 16.9 Å². The number of aromatic nitrogens is 3. The molecule has 136 valence electrons. The zero-order valence-electron chi connectivity index (χ0n) is 15.4. The number of hydrogen-bond acceptors (Lipinski definition) is 4. The van der Waals surface area contributed by atoms with Crippen LogP contribution in [0.15, 0.2) is 22.8 Å². The molecule has 1 aliphatic rings. The minimum Gasteiger partial charge on any atom is -0.357 e. The molecule has 0 bridgehead atoms. The van der Waals surface area contributed by atoms with E-state index in [0.717, 1.165) is 57.1 Å². The van der Waals surface area contributed by atoms with Gasteiger partial charge in [-0.15, -0.1) is 11.3 Å². The Kier molecular flexibility index (Phi) is 6.07. The molecule has 3 heterocycles. The molecule has 1 aliphatic heterocycles. The Morgan fingerprint density at radius 3 is 3.00 bits per heavy atom. The van der Waals surface area contributed by atoms with E-state index in [9.17, 15) is 0 Å². The van der Waals surface area contributed by atoms with Gasteiger partial charge < -0.3 is 10.2 Å². The Morgan fingerprint density at radius 1 is 1.44 bits per heavy atom. The van der Waals surface area contributed by atoms with E-state index in [1.165, 1.54) is 10.6 Å². The summed E-state index contributed by atoms with van der Waals surface area (Å²) in [6.45, 7) is 8.00. The molecular formula is C18H28N6S. The van der Waals surface area contributed by atoms with Gasteiger partial charge in [0.15, 0.2) is 5.96 Å². The van der Waals surface area contributed by atoms with Crippen molar-refractivity contribution in [3.8, 4) is 0 Å². The van der Waals surface area contributed by atoms with Crippen LogP contribution < -0.4 is 5.32 Å². The maximum Gasteiger partial charge on any atom is 0.193 e. The molecule has 1 fully saturated rings. The third-order valence-electron chi connectivity index (χ3n) is 4.55. The molecule has 1 saturated heterocycles. The molecule has 3 rings (SSSR count). The second kappa shape index (κ2) is 8.47. The summed E-state index contributed by atoms with van der Waals surface area (Å²) in [6, 6.07) is 0. The van der Waals surface area contributed by atoms with E-state index < -0.39 is 0 Å². The maximum absolute atomic E-state index is 4.83. The average Bonchev–Trinajstić information content (AvgIpc) is 3.34. The van der Waals surface area contributed by atoms with Crippen molar-refractivity contribution in [1.82, 2.24) is 25.0 Å². The fraction of sp³-hybridized carbons (Fsp3) is 0.611. The van der Waals surface area contributed by atoms with Crippen LogP contribution in [0.25, 0.3) is 0 Å². The molecule has 0 aliphatic carbocycles. The van der Waals surface area contributed by atoms with Crippen molar-refractivity contribution >= 4 is 17.3 Å². The Labute approximate surface area is 154 Å². The Bertz CT molecular complexity index is 704. The highest BCUT2D eigenvalue weighted by atomic mass is 32.1. The molecule has 0 spiro atoms. The van der Waals surface area contributed by atoms with Crippen molar-refractivity contribution in [3.63, 3.8) is 0 Å². The van der Waals surface area contributed by atoms with E-state index in [1.54, 1.807) is 11.3 Å². The number of likely N-dealkylation sites (tertiary alicyclic amines) is 1. The zero-order valence-corrected chi connectivity index (χ0v) is 16.2. The number of rotatable bonds is 6. The number of aliphatic imine (C=N–C) groups is 1. The first-order valence-corrected chi connectivity index (χ1v) is 10.0. The van der Waals surface area contributed by atoms with Gasteiger partial charge >= 0.3 is 0 Å². The molecule has 2 aromatic rings. The van der Waals surface area contributed by atoms with Crippen LogP contribution >= 0.6 is 11.3 Å². The summed E-state index contributed by atoms with van der Waals surface area (Å²) in [4.78, 5) is 11.8. The van der Waals surface area contributed by atoms with Crippen molar-refractivity contribution in [1.29, 1.82) is 0 Å². The number of nitrogens with one attached hydrogen (secondary N) is 1. The van der Waals surface area contributed by atoms with Crippen LogP contribution in [0.3, 0.4) is 0 Å². The lowest BCUT2D eigenvalue weighted by Crippen LogP contribution is -2.40. The Balaban J connectivity index is 1.58. The van der Waals surface area contributed by atoms with Gasteiger partial charge in [-0.05, 0) is 25.3 Å². The molecular weight excluding hydrogens is 332 g/mol. The van der Waals surface area contributed by atoms with Gasteiger partial charge in [0.2, 0.25) is 0 Å². The second-order valence-electron chi connectivity index (χ2n) is 6.45. The summed E-state index contributed by atoms with van der Waals surface area (Å²) < 4.78 is 1.88. The third-order valence-corrected chi connectivity index (χ3v) is 5.59. The molecule has 0 aromatic carbocycles. The minimum atomic E-state index is 0.545. The summed E-state index contributed by atoms with van der Waals surface area (Å²) in [5.41, 5.74) is 2.49. The summed E-state index contributed by atoms with van der Waals surface area (Å²) in [6.07, 6.45) is 7.20. The minimum absolute atomic E-state index is 0.545. The smallest absolute Gasteiger partial charge is 0.193 e. The van der Waals surface area contributed by atoms with E-state index in [0.29, 0.717) is 5.92 Å². The highest BCUT2D eigenvalue weighted by Gasteiger charge is 2.26. The lowest BCUT2D eigenvalue weighted by atomic mass is 10.0. The number of thiazole rings is 1. The highest BCUT2D eigenvalue weighted by molar-refractivity contribution is 7.09. The van der Waals surface area contributed by atoms with Crippen molar-refractivity contribution in [2.24, 2.45) is 12.0 Å². The molecule has 0 radical (unpaired) electrons. The Hall–Kier alpha value is -1.89. The van der Waals surface area contributed by atoms with Gasteiger partial charge in [-0.3, -0.25) is 9.67 Å². The molecule has 1 atom stereocenters. The monoisotopic (exact) mass is 360 g/mol. The van der Waals surface area contributed by atoms with Gasteiger partial charge in [-0.25, -0.2) is 4.98 Å². The highest BCUT2D eigenvalue weighted by Crippen LogP contribution is 2.26. The quantitative estimate of drug-likeness (QED) is 0.635. The molecule has 1 N–H and O–H groups in total. The van der Waals surface area contributed by atoms with Gasteiger partial charge in [0.1, 0.15) is 0 Å². The first-order valence-electron chi connectivity index (χ1n) is 9.14.